The molecule has 0 aliphatic rings. The third-order valence-electron chi connectivity index (χ3n) is 3.62. The molecule has 0 amide bonds. The number of benzene rings is 1. The van der Waals surface area contributed by atoms with Gasteiger partial charge in [-0.1, -0.05) is 31.2 Å². The molecule has 0 aliphatic carbocycles. The second kappa shape index (κ2) is 7.84. The quantitative estimate of drug-likeness (QED) is 0.655. The largest absolute Gasteiger partial charge is 0.356 e. The Bertz CT molecular complexity index is 575. The molecule has 2 aromatic rings. The molecule has 1 aromatic heterocycles. The van der Waals surface area contributed by atoms with Crippen LogP contribution in [0.2, 0.25) is 0 Å². The fraction of sp³-hybridized carbons (Fsp3) is 0.353. The van der Waals surface area contributed by atoms with Crippen LogP contribution in [0.5, 0.6) is 0 Å². The zero-order valence-electron chi connectivity index (χ0n) is 12.9. The molecular weight excluding hydrogens is 278 g/mol. The summed E-state index contributed by atoms with van der Waals surface area (Å²) in [5, 5.41) is 11.1. The van der Waals surface area contributed by atoms with Crippen molar-refractivity contribution < 1.29 is 0 Å². The molecule has 1 aromatic carbocycles. The Morgan fingerprint density at radius 1 is 1.24 bits per heavy atom. The van der Waals surface area contributed by atoms with E-state index in [-0.39, 0.29) is 0 Å². The Morgan fingerprint density at radius 3 is 2.71 bits per heavy atom. The van der Waals surface area contributed by atoms with Gasteiger partial charge in [-0.05, 0) is 46.4 Å². The highest BCUT2D eigenvalue weighted by Crippen LogP contribution is 2.16. The van der Waals surface area contributed by atoms with Crippen LogP contribution in [0.15, 0.2) is 46.1 Å². The summed E-state index contributed by atoms with van der Waals surface area (Å²) < 4.78 is 0. The minimum absolute atomic E-state index is 0.480. The summed E-state index contributed by atoms with van der Waals surface area (Å²) in [5.41, 5.74) is 3.97. The van der Waals surface area contributed by atoms with Crippen molar-refractivity contribution in [3.8, 4) is 0 Å². The van der Waals surface area contributed by atoms with E-state index in [0.29, 0.717) is 5.92 Å². The summed E-state index contributed by atoms with van der Waals surface area (Å²) in [6.07, 6.45) is 0. The second-order valence-corrected chi connectivity index (χ2v) is 5.97. The molecule has 0 radical (unpaired) electrons. The van der Waals surface area contributed by atoms with Crippen molar-refractivity contribution in [1.29, 1.82) is 0 Å². The highest BCUT2D eigenvalue weighted by molar-refractivity contribution is 7.07. The molecule has 21 heavy (non-hydrogen) atoms. The van der Waals surface area contributed by atoms with Crippen LogP contribution in [-0.2, 0) is 6.54 Å². The van der Waals surface area contributed by atoms with E-state index in [1.165, 1.54) is 16.7 Å². The van der Waals surface area contributed by atoms with Crippen molar-refractivity contribution in [2.45, 2.75) is 26.3 Å². The summed E-state index contributed by atoms with van der Waals surface area (Å²) >= 11 is 1.74. The van der Waals surface area contributed by atoms with Crippen molar-refractivity contribution in [3.05, 3.63) is 57.8 Å². The minimum atomic E-state index is 0.480. The molecule has 2 N–H and O–H groups in total. The van der Waals surface area contributed by atoms with Gasteiger partial charge in [0.05, 0.1) is 0 Å². The summed E-state index contributed by atoms with van der Waals surface area (Å²) in [5.74, 6) is 1.33. The number of nitrogens with zero attached hydrogens (tertiary/aromatic N) is 1. The molecule has 2 rings (SSSR count). The first-order valence-electron chi connectivity index (χ1n) is 7.22. The summed E-state index contributed by atoms with van der Waals surface area (Å²) in [6.45, 7) is 6.03. The van der Waals surface area contributed by atoms with E-state index in [4.69, 9.17) is 0 Å². The molecule has 4 heteroatoms. The molecule has 0 saturated heterocycles. The number of guanidine groups is 1. The zero-order valence-corrected chi connectivity index (χ0v) is 13.7. The fourth-order valence-electron chi connectivity index (χ4n) is 2.13. The number of nitrogens with one attached hydrogen (secondary N) is 2. The van der Waals surface area contributed by atoms with E-state index in [9.17, 15) is 0 Å². The first-order chi connectivity index (χ1) is 10.2. The topological polar surface area (TPSA) is 36.4 Å². The minimum Gasteiger partial charge on any atom is -0.356 e. The van der Waals surface area contributed by atoms with Crippen LogP contribution in [-0.4, -0.2) is 19.6 Å². The molecular formula is C17H23N3S. The molecule has 0 saturated carbocycles. The highest BCUT2D eigenvalue weighted by Gasteiger charge is 2.07. The first kappa shape index (κ1) is 15.6. The van der Waals surface area contributed by atoms with Crippen LogP contribution in [0.4, 0.5) is 0 Å². The summed E-state index contributed by atoms with van der Waals surface area (Å²) in [6, 6.07) is 10.6. The first-order valence-corrected chi connectivity index (χ1v) is 8.16. The highest BCUT2D eigenvalue weighted by atomic mass is 32.1. The van der Waals surface area contributed by atoms with Crippen molar-refractivity contribution in [2.24, 2.45) is 4.99 Å². The van der Waals surface area contributed by atoms with Crippen LogP contribution < -0.4 is 10.6 Å². The lowest BCUT2D eigenvalue weighted by atomic mass is 10.1. The van der Waals surface area contributed by atoms with Crippen LogP contribution in [0, 0.1) is 6.92 Å². The van der Waals surface area contributed by atoms with Gasteiger partial charge in [-0.2, -0.15) is 11.3 Å². The van der Waals surface area contributed by atoms with E-state index in [0.717, 1.165) is 19.0 Å². The average Bonchev–Trinajstić information content (AvgIpc) is 3.03. The van der Waals surface area contributed by atoms with Crippen LogP contribution in [0.3, 0.4) is 0 Å². The van der Waals surface area contributed by atoms with Gasteiger partial charge in [0, 0.05) is 20.1 Å². The Kier molecular flexibility index (Phi) is 5.81. The molecule has 1 heterocycles. The maximum Gasteiger partial charge on any atom is 0.191 e. The number of hydrogen-bond acceptors (Lipinski definition) is 2. The van der Waals surface area contributed by atoms with Gasteiger partial charge in [-0.25, -0.2) is 0 Å². The Labute approximate surface area is 131 Å². The normalized spacial score (nSPS) is 13.0. The van der Waals surface area contributed by atoms with Crippen molar-refractivity contribution in [2.75, 3.05) is 13.6 Å². The van der Waals surface area contributed by atoms with E-state index >= 15 is 0 Å². The molecule has 112 valence electrons. The van der Waals surface area contributed by atoms with Crippen molar-refractivity contribution in [1.82, 2.24) is 10.6 Å². The monoisotopic (exact) mass is 301 g/mol. The van der Waals surface area contributed by atoms with Gasteiger partial charge in [-0.3, -0.25) is 4.99 Å². The van der Waals surface area contributed by atoms with E-state index in [1.54, 1.807) is 11.3 Å². The van der Waals surface area contributed by atoms with Gasteiger partial charge in [0.15, 0.2) is 5.96 Å². The lowest BCUT2D eigenvalue weighted by Gasteiger charge is -2.16. The lowest BCUT2D eigenvalue weighted by Crippen LogP contribution is -2.38. The second-order valence-electron chi connectivity index (χ2n) is 5.19. The summed E-state index contributed by atoms with van der Waals surface area (Å²) in [7, 11) is 1.81. The van der Waals surface area contributed by atoms with Gasteiger partial charge >= 0.3 is 0 Å². The van der Waals surface area contributed by atoms with Gasteiger partial charge in [0.2, 0.25) is 0 Å². The number of aryl methyl sites for hydroxylation is 1. The van der Waals surface area contributed by atoms with Gasteiger partial charge in [0.1, 0.15) is 0 Å². The maximum absolute atomic E-state index is 4.28. The van der Waals surface area contributed by atoms with Gasteiger partial charge < -0.3 is 10.6 Å². The molecule has 1 atom stereocenters. The smallest absolute Gasteiger partial charge is 0.191 e. The third kappa shape index (κ3) is 4.60. The molecule has 0 aliphatic heterocycles. The number of aliphatic imine (C=N–C) groups is 1. The Hall–Kier alpha value is -1.81. The number of hydrogen-bond donors (Lipinski definition) is 2. The van der Waals surface area contributed by atoms with Gasteiger partial charge in [-0.15, -0.1) is 0 Å². The van der Waals surface area contributed by atoms with Crippen LogP contribution in [0.25, 0.3) is 0 Å². The molecule has 0 fully saturated rings. The fourth-order valence-corrected chi connectivity index (χ4v) is 2.91. The number of thiophene rings is 1. The molecule has 3 nitrogen and oxygen atoms in total. The van der Waals surface area contributed by atoms with E-state index in [1.807, 2.05) is 7.05 Å². The van der Waals surface area contributed by atoms with Crippen LogP contribution >= 0.6 is 11.3 Å². The van der Waals surface area contributed by atoms with Gasteiger partial charge in [0.25, 0.3) is 0 Å². The van der Waals surface area contributed by atoms with Crippen molar-refractivity contribution >= 4 is 17.3 Å². The molecule has 0 bridgehead atoms. The standard InChI is InChI=1S/C17H23N3S/c1-13-6-4-5-7-15(13)11-20-17(18-3)19-10-14(2)16-8-9-21-12-16/h4-9,12,14H,10-11H2,1-3H3,(H2,18,19,20). The summed E-state index contributed by atoms with van der Waals surface area (Å²) in [4.78, 5) is 4.28. The third-order valence-corrected chi connectivity index (χ3v) is 4.32. The predicted octanol–water partition coefficient (Wildman–Crippen LogP) is 3.53. The molecule has 0 spiro atoms. The predicted molar refractivity (Wildman–Crippen MR) is 92.1 cm³/mol. The Balaban J connectivity index is 1.83. The average molecular weight is 301 g/mol. The van der Waals surface area contributed by atoms with Crippen LogP contribution in [0.1, 0.15) is 29.5 Å². The van der Waals surface area contributed by atoms with Crippen molar-refractivity contribution in [3.63, 3.8) is 0 Å². The van der Waals surface area contributed by atoms with E-state index < -0.39 is 0 Å². The lowest BCUT2D eigenvalue weighted by molar-refractivity contribution is 0.700. The SMILES string of the molecule is CN=C(NCc1ccccc1C)NCC(C)c1ccsc1. The van der Waals surface area contributed by atoms with E-state index in [2.05, 4.69) is 70.6 Å². The molecule has 1 unspecified atom stereocenters. The zero-order chi connectivity index (χ0) is 15.1. The maximum atomic E-state index is 4.28. The Morgan fingerprint density at radius 2 is 2.05 bits per heavy atom. The number of rotatable bonds is 5.